The minimum atomic E-state index is -0.665. The molecular formula is C14H23NO3. The van der Waals surface area contributed by atoms with Crippen LogP contribution in [0.2, 0.25) is 0 Å². The van der Waals surface area contributed by atoms with Gasteiger partial charge in [-0.2, -0.15) is 0 Å². The van der Waals surface area contributed by atoms with Crippen LogP contribution in [0.25, 0.3) is 0 Å². The Balaban J connectivity index is 2.54. The molecule has 0 aliphatic heterocycles. The molecule has 1 aromatic carbocycles. The molecule has 1 aromatic rings. The quantitative estimate of drug-likeness (QED) is 0.696. The van der Waals surface area contributed by atoms with Crippen molar-refractivity contribution in [3.63, 3.8) is 0 Å². The van der Waals surface area contributed by atoms with Crippen LogP contribution in [0.1, 0.15) is 32.3 Å². The van der Waals surface area contributed by atoms with Gasteiger partial charge in [0.1, 0.15) is 11.5 Å². The molecule has 4 nitrogen and oxygen atoms in total. The fourth-order valence-corrected chi connectivity index (χ4v) is 1.75. The highest BCUT2D eigenvalue weighted by atomic mass is 16.5. The molecule has 0 aliphatic carbocycles. The van der Waals surface area contributed by atoms with Crippen LogP contribution in [-0.4, -0.2) is 29.5 Å². The summed E-state index contributed by atoms with van der Waals surface area (Å²) in [5.74, 6) is 0.841. The number of phenols is 1. The van der Waals surface area contributed by atoms with Crippen LogP contribution in [-0.2, 0) is 6.54 Å². The van der Waals surface area contributed by atoms with E-state index in [4.69, 9.17) is 4.74 Å². The number of rotatable bonds is 7. The van der Waals surface area contributed by atoms with Crippen LogP contribution in [0.15, 0.2) is 18.2 Å². The Morgan fingerprint density at radius 1 is 1.28 bits per heavy atom. The third-order valence-electron chi connectivity index (χ3n) is 3.38. The second-order valence-corrected chi connectivity index (χ2v) is 4.53. The van der Waals surface area contributed by atoms with E-state index in [0.29, 0.717) is 31.7 Å². The molecule has 0 fully saturated rings. The van der Waals surface area contributed by atoms with Gasteiger partial charge in [0.25, 0.3) is 0 Å². The molecule has 0 atom stereocenters. The van der Waals surface area contributed by atoms with Crippen molar-refractivity contribution in [1.82, 2.24) is 5.32 Å². The third-order valence-corrected chi connectivity index (χ3v) is 3.38. The molecule has 0 saturated heterocycles. The van der Waals surface area contributed by atoms with Crippen molar-refractivity contribution in [2.75, 3.05) is 13.7 Å². The zero-order valence-electron chi connectivity index (χ0n) is 11.4. The number of benzene rings is 1. The summed E-state index contributed by atoms with van der Waals surface area (Å²) < 4.78 is 5.02. The van der Waals surface area contributed by atoms with E-state index >= 15 is 0 Å². The lowest BCUT2D eigenvalue weighted by molar-refractivity contribution is 0.0322. The van der Waals surface area contributed by atoms with Gasteiger partial charge >= 0.3 is 0 Å². The lowest BCUT2D eigenvalue weighted by atomic mass is 9.97. The zero-order valence-corrected chi connectivity index (χ0v) is 11.4. The van der Waals surface area contributed by atoms with Gasteiger partial charge in [-0.1, -0.05) is 19.9 Å². The molecule has 0 bridgehead atoms. The van der Waals surface area contributed by atoms with E-state index in [1.807, 2.05) is 26.0 Å². The highest BCUT2D eigenvalue weighted by Crippen LogP contribution is 2.23. The molecule has 0 aliphatic rings. The summed E-state index contributed by atoms with van der Waals surface area (Å²) in [6.45, 7) is 4.98. The number of hydrogen-bond donors (Lipinski definition) is 3. The van der Waals surface area contributed by atoms with Crippen molar-refractivity contribution in [2.45, 2.75) is 38.8 Å². The molecule has 1 rings (SSSR count). The maximum absolute atomic E-state index is 10.1. The topological polar surface area (TPSA) is 61.7 Å². The first kappa shape index (κ1) is 14.8. The largest absolute Gasteiger partial charge is 0.507 e. The van der Waals surface area contributed by atoms with Gasteiger partial charge in [-0.15, -0.1) is 0 Å². The van der Waals surface area contributed by atoms with Crippen LogP contribution in [0.5, 0.6) is 11.5 Å². The third kappa shape index (κ3) is 3.89. The fourth-order valence-electron chi connectivity index (χ4n) is 1.75. The van der Waals surface area contributed by atoms with E-state index in [9.17, 15) is 10.2 Å². The normalized spacial score (nSPS) is 11.6. The van der Waals surface area contributed by atoms with E-state index in [-0.39, 0.29) is 5.75 Å². The Bertz CT molecular complexity index is 375. The summed E-state index contributed by atoms with van der Waals surface area (Å²) in [6.07, 6.45) is 1.43. The SMILES string of the molecule is CCC(O)(CC)CNCc1ccc(OC)cc1O. The highest BCUT2D eigenvalue weighted by Gasteiger charge is 2.21. The van der Waals surface area contributed by atoms with Crippen molar-refractivity contribution in [2.24, 2.45) is 0 Å². The van der Waals surface area contributed by atoms with Crippen LogP contribution in [0, 0.1) is 0 Å². The maximum atomic E-state index is 10.1. The molecule has 3 N–H and O–H groups in total. The van der Waals surface area contributed by atoms with E-state index in [1.54, 1.807) is 13.2 Å². The summed E-state index contributed by atoms with van der Waals surface area (Å²) in [7, 11) is 1.56. The Labute approximate surface area is 109 Å². The van der Waals surface area contributed by atoms with E-state index in [1.165, 1.54) is 0 Å². The molecule has 0 saturated carbocycles. The molecule has 0 spiro atoms. The molecule has 0 unspecified atom stereocenters. The predicted molar refractivity (Wildman–Crippen MR) is 71.9 cm³/mol. The molecule has 0 amide bonds. The van der Waals surface area contributed by atoms with Crippen LogP contribution in [0.4, 0.5) is 0 Å². The average molecular weight is 253 g/mol. The van der Waals surface area contributed by atoms with Crippen molar-refractivity contribution < 1.29 is 14.9 Å². The smallest absolute Gasteiger partial charge is 0.123 e. The Morgan fingerprint density at radius 2 is 1.94 bits per heavy atom. The molecule has 102 valence electrons. The summed E-state index contributed by atoms with van der Waals surface area (Å²) in [5.41, 5.74) is 0.132. The van der Waals surface area contributed by atoms with Gasteiger partial charge in [-0.3, -0.25) is 0 Å². The number of hydrogen-bond acceptors (Lipinski definition) is 4. The summed E-state index contributed by atoms with van der Waals surface area (Å²) >= 11 is 0. The van der Waals surface area contributed by atoms with Gasteiger partial charge in [0.2, 0.25) is 0 Å². The van der Waals surface area contributed by atoms with Gasteiger partial charge in [0, 0.05) is 24.7 Å². The number of phenolic OH excluding ortho intramolecular Hbond substituents is 1. The Morgan fingerprint density at radius 3 is 2.44 bits per heavy atom. The predicted octanol–water partition coefficient (Wildman–Crippen LogP) is 2.04. The number of nitrogens with one attached hydrogen (secondary N) is 1. The van der Waals surface area contributed by atoms with E-state index in [0.717, 1.165) is 5.56 Å². The highest BCUT2D eigenvalue weighted by molar-refractivity contribution is 5.39. The molecular weight excluding hydrogens is 230 g/mol. The monoisotopic (exact) mass is 253 g/mol. The van der Waals surface area contributed by atoms with Gasteiger partial charge in [-0.05, 0) is 18.9 Å². The number of aliphatic hydroxyl groups is 1. The number of methoxy groups -OCH3 is 1. The fraction of sp³-hybridized carbons (Fsp3) is 0.571. The van der Waals surface area contributed by atoms with Gasteiger partial charge in [-0.25, -0.2) is 0 Å². The molecule has 0 radical (unpaired) electrons. The second kappa shape index (κ2) is 6.61. The minimum Gasteiger partial charge on any atom is -0.507 e. The second-order valence-electron chi connectivity index (χ2n) is 4.53. The van der Waals surface area contributed by atoms with Crippen molar-refractivity contribution >= 4 is 0 Å². The van der Waals surface area contributed by atoms with Crippen molar-refractivity contribution in [3.05, 3.63) is 23.8 Å². The van der Waals surface area contributed by atoms with Gasteiger partial charge in [0.15, 0.2) is 0 Å². The van der Waals surface area contributed by atoms with E-state index < -0.39 is 5.60 Å². The molecule has 18 heavy (non-hydrogen) atoms. The Hall–Kier alpha value is -1.26. The van der Waals surface area contributed by atoms with Crippen LogP contribution >= 0.6 is 0 Å². The van der Waals surface area contributed by atoms with Crippen LogP contribution in [0.3, 0.4) is 0 Å². The zero-order chi connectivity index (χ0) is 13.6. The first-order valence-electron chi connectivity index (χ1n) is 6.33. The van der Waals surface area contributed by atoms with Crippen LogP contribution < -0.4 is 10.1 Å². The van der Waals surface area contributed by atoms with Crippen molar-refractivity contribution in [3.8, 4) is 11.5 Å². The van der Waals surface area contributed by atoms with E-state index in [2.05, 4.69) is 5.32 Å². The standard InChI is InChI=1S/C14H23NO3/c1-4-14(17,5-2)10-15-9-11-6-7-12(18-3)8-13(11)16/h6-8,15-17H,4-5,9-10H2,1-3H3. The summed E-state index contributed by atoms with van der Waals surface area (Å²) in [4.78, 5) is 0. The maximum Gasteiger partial charge on any atom is 0.123 e. The summed E-state index contributed by atoms with van der Waals surface area (Å²) in [6, 6.07) is 5.21. The van der Waals surface area contributed by atoms with Gasteiger partial charge in [0.05, 0.1) is 12.7 Å². The number of aromatic hydroxyl groups is 1. The first-order valence-corrected chi connectivity index (χ1v) is 6.33. The molecule has 4 heteroatoms. The molecule has 0 heterocycles. The molecule has 0 aromatic heterocycles. The minimum absolute atomic E-state index is 0.207. The first-order chi connectivity index (χ1) is 8.54. The Kier molecular flexibility index (Phi) is 5.44. The number of ether oxygens (including phenoxy) is 1. The van der Waals surface area contributed by atoms with Crippen molar-refractivity contribution in [1.29, 1.82) is 0 Å². The summed E-state index contributed by atoms with van der Waals surface area (Å²) in [5, 5.41) is 23.1. The lowest BCUT2D eigenvalue weighted by Crippen LogP contribution is -2.39. The average Bonchev–Trinajstić information content (AvgIpc) is 2.40. The van der Waals surface area contributed by atoms with Gasteiger partial charge < -0.3 is 20.3 Å². The lowest BCUT2D eigenvalue weighted by Gasteiger charge is -2.25.